The topological polar surface area (TPSA) is 0 Å². The predicted molar refractivity (Wildman–Crippen MR) is 48.8 cm³/mol. The van der Waals surface area contributed by atoms with E-state index in [9.17, 15) is 0 Å². The minimum atomic E-state index is 0.163. The lowest BCUT2D eigenvalue weighted by Gasteiger charge is -2.06. The third-order valence-electron chi connectivity index (χ3n) is 3.33. The average Bonchev–Trinajstić information content (AvgIpc) is 2.75. The monoisotopic (exact) mass is 154 g/mol. The summed E-state index contributed by atoms with van der Waals surface area (Å²) >= 11 is 0. The zero-order chi connectivity index (χ0) is 8.18. The second-order valence-corrected chi connectivity index (χ2v) is 3.88. The molecule has 0 bridgehead atoms. The highest BCUT2D eigenvalue weighted by Gasteiger charge is 2.58. The molecule has 0 heterocycles. The van der Waals surface area contributed by atoms with Crippen LogP contribution < -0.4 is 0 Å². The van der Waals surface area contributed by atoms with Crippen molar-refractivity contribution in [3.63, 3.8) is 0 Å². The molecular weight excluding hydrogens is 144 g/mol. The van der Waals surface area contributed by atoms with Gasteiger partial charge in [-0.2, -0.15) is 0 Å². The van der Waals surface area contributed by atoms with Crippen LogP contribution in [0.4, 0.5) is 0 Å². The van der Waals surface area contributed by atoms with E-state index in [1.807, 2.05) is 0 Å². The standard InChI is InChI=1S/C12H10/c1-2-12-8-10(12)7-9-5-3-4-6-11(9)12/h1,3-6,10H,7-8H2. The molecule has 0 radical (unpaired) electrons. The van der Waals surface area contributed by atoms with E-state index in [4.69, 9.17) is 6.42 Å². The normalized spacial score (nSPS) is 35.1. The number of terminal acetylenes is 1. The molecule has 1 fully saturated rings. The molecule has 2 atom stereocenters. The van der Waals surface area contributed by atoms with Crippen LogP contribution in [-0.2, 0) is 11.8 Å². The number of fused-ring (bicyclic) bond motifs is 3. The second-order valence-electron chi connectivity index (χ2n) is 3.88. The van der Waals surface area contributed by atoms with Crippen molar-refractivity contribution in [1.29, 1.82) is 0 Å². The highest BCUT2D eigenvalue weighted by atomic mass is 14.6. The minimum absolute atomic E-state index is 0.163. The Morgan fingerprint density at radius 3 is 3.08 bits per heavy atom. The van der Waals surface area contributed by atoms with Crippen LogP contribution in [0.2, 0.25) is 0 Å². The van der Waals surface area contributed by atoms with Gasteiger partial charge in [-0.3, -0.25) is 0 Å². The van der Waals surface area contributed by atoms with Crippen LogP contribution in [0, 0.1) is 18.3 Å². The Morgan fingerprint density at radius 1 is 1.42 bits per heavy atom. The Morgan fingerprint density at radius 2 is 2.25 bits per heavy atom. The van der Waals surface area contributed by atoms with Crippen molar-refractivity contribution in [3.8, 4) is 12.3 Å². The first kappa shape index (κ1) is 6.31. The van der Waals surface area contributed by atoms with Gasteiger partial charge in [0.25, 0.3) is 0 Å². The summed E-state index contributed by atoms with van der Waals surface area (Å²) in [5, 5.41) is 0. The second kappa shape index (κ2) is 1.75. The van der Waals surface area contributed by atoms with Crippen molar-refractivity contribution in [1.82, 2.24) is 0 Å². The van der Waals surface area contributed by atoms with Crippen molar-refractivity contribution in [2.45, 2.75) is 18.3 Å². The summed E-state index contributed by atoms with van der Waals surface area (Å²) in [5.41, 5.74) is 3.07. The fourth-order valence-electron chi connectivity index (χ4n) is 2.56. The molecule has 0 amide bonds. The molecule has 0 aromatic heterocycles. The third kappa shape index (κ3) is 0.526. The first-order chi connectivity index (χ1) is 5.87. The van der Waals surface area contributed by atoms with Crippen LogP contribution >= 0.6 is 0 Å². The SMILES string of the molecule is C#CC12CC1Cc1ccccc12. The summed E-state index contributed by atoms with van der Waals surface area (Å²) in [7, 11) is 0. The van der Waals surface area contributed by atoms with Gasteiger partial charge in [-0.25, -0.2) is 0 Å². The van der Waals surface area contributed by atoms with Gasteiger partial charge in [-0.05, 0) is 29.9 Å². The summed E-state index contributed by atoms with van der Waals surface area (Å²) in [6.45, 7) is 0. The van der Waals surface area contributed by atoms with Gasteiger partial charge in [0.15, 0.2) is 0 Å². The Hall–Kier alpha value is -1.22. The summed E-state index contributed by atoms with van der Waals surface area (Å²) in [6, 6.07) is 8.61. The number of hydrogen-bond acceptors (Lipinski definition) is 0. The lowest BCUT2D eigenvalue weighted by Crippen LogP contribution is -2.01. The van der Waals surface area contributed by atoms with Gasteiger partial charge in [0.2, 0.25) is 0 Å². The van der Waals surface area contributed by atoms with Crippen molar-refractivity contribution in [2.75, 3.05) is 0 Å². The van der Waals surface area contributed by atoms with Crippen LogP contribution in [0.25, 0.3) is 0 Å². The highest BCUT2D eigenvalue weighted by Crippen LogP contribution is 2.61. The van der Waals surface area contributed by atoms with E-state index >= 15 is 0 Å². The average molecular weight is 154 g/mol. The summed E-state index contributed by atoms with van der Waals surface area (Å²) in [6.07, 6.45) is 8.01. The van der Waals surface area contributed by atoms with Crippen molar-refractivity contribution < 1.29 is 0 Å². The van der Waals surface area contributed by atoms with Gasteiger partial charge in [0, 0.05) is 0 Å². The minimum Gasteiger partial charge on any atom is -0.119 e. The van der Waals surface area contributed by atoms with Crippen LogP contribution in [0.3, 0.4) is 0 Å². The van der Waals surface area contributed by atoms with Crippen LogP contribution in [-0.4, -0.2) is 0 Å². The van der Waals surface area contributed by atoms with Crippen LogP contribution in [0.5, 0.6) is 0 Å². The van der Waals surface area contributed by atoms with Gasteiger partial charge in [0.05, 0.1) is 5.41 Å². The van der Waals surface area contributed by atoms with E-state index in [2.05, 4.69) is 30.2 Å². The molecular formula is C12H10. The maximum absolute atomic E-state index is 5.57. The molecule has 3 rings (SSSR count). The maximum atomic E-state index is 5.57. The van der Waals surface area contributed by atoms with Gasteiger partial charge in [0.1, 0.15) is 0 Å². The lowest BCUT2D eigenvalue weighted by atomic mass is 9.97. The Balaban J connectivity index is 2.24. The summed E-state index contributed by atoms with van der Waals surface area (Å²) in [5.74, 6) is 3.73. The predicted octanol–water partition coefficient (Wildman–Crippen LogP) is 2.13. The molecule has 0 heteroatoms. The largest absolute Gasteiger partial charge is 0.119 e. The zero-order valence-electron chi connectivity index (χ0n) is 6.88. The molecule has 1 aromatic rings. The van der Waals surface area contributed by atoms with E-state index in [1.54, 1.807) is 0 Å². The van der Waals surface area contributed by atoms with Crippen molar-refractivity contribution >= 4 is 0 Å². The first-order valence-electron chi connectivity index (χ1n) is 4.43. The molecule has 12 heavy (non-hydrogen) atoms. The molecule has 1 saturated carbocycles. The van der Waals surface area contributed by atoms with Gasteiger partial charge >= 0.3 is 0 Å². The van der Waals surface area contributed by atoms with E-state index in [-0.39, 0.29) is 5.41 Å². The summed E-state index contributed by atoms with van der Waals surface area (Å²) < 4.78 is 0. The smallest absolute Gasteiger partial charge is 0.0598 e. The van der Waals surface area contributed by atoms with E-state index < -0.39 is 0 Å². The Bertz CT molecular complexity index is 383. The van der Waals surface area contributed by atoms with E-state index in [0.29, 0.717) is 0 Å². The molecule has 0 aliphatic heterocycles. The highest BCUT2D eigenvalue weighted by molar-refractivity contribution is 5.53. The number of benzene rings is 1. The van der Waals surface area contributed by atoms with Crippen LogP contribution in [0.1, 0.15) is 17.5 Å². The molecule has 2 unspecified atom stereocenters. The van der Waals surface area contributed by atoms with E-state index in [1.165, 1.54) is 24.0 Å². The molecule has 1 aromatic carbocycles. The van der Waals surface area contributed by atoms with Gasteiger partial charge < -0.3 is 0 Å². The zero-order valence-corrected chi connectivity index (χ0v) is 6.88. The Kier molecular flexibility index (Phi) is 0.919. The fourth-order valence-corrected chi connectivity index (χ4v) is 2.56. The lowest BCUT2D eigenvalue weighted by molar-refractivity contribution is 0.804. The molecule has 2 aliphatic carbocycles. The number of rotatable bonds is 0. The maximum Gasteiger partial charge on any atom is 0.0598 e. The van der Waals surface area contributed by atoms with Crippen molar-refractivity contribution in [3.05, 3.63) is 35.4 Å². The quantitative estimate of drug-likeness (QED) is 0.502. The van der Waals surface area contributed by atoms with Gasteiger partial charge in [-0.1, -0.05) is 30.2 Å². The van der Waals surface area contributed by atoms with E-state index in [0.717, 1.165) is 5.92 Å². The molecule has 0 spiro atoms. The van der Waals surface area contributed by atoms with Crippen LogP contribution in [0.15, 0.2) is 24.3 Å². The van der Waals surface area contributed by atoms with Crippen molar-refractivity contribution in [2.24, 2.45) is 5.92 Å². The molecule has 0 N–H and O–H groups in total. The molecule has 58 valence electrons. The van der Waals surface area contributed by atoms with Gasteiger partial charge in [-0.15, -0.1) is 6.42 Å². The fraction of sp³-hybridized carbons (Fsp3) is 0.333. The first-order valence-corrected chi connectivity index (χ1v) is 4.43. The Labute approximate surface area is 72.6 Å². The summed E-state index contributed by atoms with van der Waals surface area (Å²) in [4.78, 5) is 0. The molecule has 0 nitrogen and oxygen atoms in total. The number of hydrogen-bond donors (Lipinski definition) is 0. The third-order valence-corrected chi connectivity index (χ3v) is 3.33. The molecule has 2 aliphatic rings. The molecule has 0 saturated heterocycles.